The molecule has 3 aromatic carbocycles. The second-order valence-electron chi connectivity index (χ2n) is 9.09. The van der Waals surface area contributed by atoms with Gasteiger partial charge >= 0.3 is 0 Å². The van der Waals surface area contributed by atoms with Crippen molar-refractivity contribution in [1.29, 1.82) is 0 Å². The predicted octanol–water partition coefficient (Wildman–Crippen LogP) is 7.39. The van der Waals surface area contributed by atoms with E-state index in [9.17, 15) is 10.2 Å². The first-order valence-corrected chi connectivity index (χ1v) is 10.8. The SMILES string of the molecule is Cc1cc(C(c2cc(C)c(O)c(C)c2)C(C)c2ccc(C(C)C)cc2)cc(C)c1O. The Balaban J connectivity index is 2.17. The Bertz CT molecular complexity index is 941. The summed E-state index contributed by atoms with van der Waals surface area (Å²) in [4.78, 5) is 0. The number of hydrogen-bond acceptors (Lipinski definition) is 2. The molecule has 0 saturated carbocycles. The van der Waals surface area contributed by atoms with Crippen molar-refractivity contribution in [2.45, 2.75) is 66.2 Å². The van der Waals surface area contributed by atoms with Crippen LogP contribution in [-0.4, -0.2) is 10.2 Å². The molecule has 2 N–H and O–H groups in total. The van der Waals surface area contributed by atoms with Crippen molar-refractivity contribution in [3.05, 3.63) is 93.0 Å². The predicted molar refractivity (Wildman–Crippen MR) is 126 cm³/mol. The summed E-state index contributed by atoms with van der Waals surface area (Å²) in [6, 6.07) is 17.4. The van der Waals surface area contributed by atoms with Crippen molar-refractivity contribution in [1.82, 2.24) is 0 Å². The Labute approximate surface area is 181 Å². The average Bonchev–Trinajstić information content (AvgIpc) is 2.70. The van der Waals surface area contributed by atoms with Gasteiger partial charge in [-0.3, -0.25) is 0 Å². The van der Waals surface area contributed by atoms with Crippen LogP contribution >= 0.6 is 0 Å². The van der Waals surface area contributed by atoms with E-state index in [1.54, 1.807) is 0 Å². The second kappa shape index (κ2) is 8.55. The molecule has 30 heavy (non-hydrogen) atoms. The zero-order valence-electron chi connectivity index (χ0n) is 19.2. The van der Waals surface area contributed by atoms with Gasteiger partial charge in [-0.1, -0.05) is 69.3 Å². The lowest BCUT2D eigenvalue weighted by molar-refractivity contribution is 0.465. The van der Waals surface area contributed by atoms with E-state index in [4.69, 9.17) is 0 Å². The van der Waals surface area contributed by atoms with Crippen molar-refractivity contribution < 1.29 is 10.2 Å². The highest BCUT2D eigenvalue weighted by Crippen LogP contribution is 2.42. The Morgan fingerprint density at radius 1 is 0.533 bits per heavy atom. The van der Waals surface area contributed by atoms with Crippen molar-refractivity contribution >= 4 is 0 Å². The fourth-order valence-electron chi connectivity index (χ4n) is 4.48. The van der Waals surface area contributed by atoms with Crippen LogP contribution in [0.2, 0.25) is 0 Å². The summed E-state index contributed by atoms with van der Waals surface area (Å²) >= 11 is 0. The molecule has 1 unspecified atom stereocenters. The standard InChI is InChI=1S/C28H34O2/c1-16(2)22-8-10-23(11-9-22)21(7)26(24-12-17(3)27(29)18(4)13-24)25-14-19(5)28(30)20(6)15-25/h8-16,21,26,29-30H,1-7H3. The van der Waals surface area contributed by atoms with Gasteiger partial charge in [0.2, 0.25) is 0 Å². The van der Waals surface area contributed by atoms with E-state index in [1.807, 2.05) is 27.7 Å². The minimum Gasteiger partial charge on any atom is -0.507 e. The smallest absolute Gasteiger partial charge is 0.121 e. The van der Waals surface area contributed by atoms with Crippen LogP contribution in [-0.2, 0) is 0 Å². The zero-order chi connectivity index (χ0) is 22.2. The third kappa shape index (κ3) is 4.23. The molecule has 0 amide bonds. The van der Waals surface area contributed by atoms with Crippen LogP contribution in [0.1, 0.15) is 83.0 Å². The number of benzene rings is 3. The van der Waals surface area contributed by atoms with Gasteiger partial charge in [-0.05, 0) is 84.0 Å². The van der Waals surface area contributed by atoms with Gasteiger partial charge in [-0.15, -0.1) is 0 Å². The fraction of sp³-hybridized carbons (Fsp3) is 0.357. The molecule has 0 saturated heterocycles. The van der Waals surface area contributed by atoms with E-state index in [0.29, 0.717) is 17.4 Å². The lowest BCUT2D eigenvalue weighted by atomic mass is 9.76. The van der Waals surface area contributed by atoms with Gasteiger partial charge in [0.25, 0.3) is 0 Å². The van der Waals surface area contributed by atoms with Crippen LogP contribution in [0.3, 0.4) is 0 Å². The van der Waals surface area contributed by atoms with E-state index in [0.717, 1.165) is 22.3 Å². The van der Waals surface area contributed by atoms with Crippen LogP contribution in [0.5, 0.6) is 11.5 Å². The first-order valence-electron chi connectivity index (χ1n) is 10.8. The molecular weight excluding hydrogens is 368 g/mol. The summed E-state index contributed by atoms with van der Waals surface area (Å²) in [6.45, 7) is 14.5. The molecule has 0 aromatic heterocycles. The Hall–Kier alpha value is -2.74. The molecule has 0 radical (unpaired) electrons. The van der Waals surface area contributed by atoms with Gasteiger partial charge < -0.3 is 10.2 Å². The summed E-state index contributed by atoms with van der Waals surface area (Å²) in [5.74, 6) is 1.59. The topological polar surface area (TPSA) is 40.5 Å². The summed E-state index contributed by atoms with van der Waals surface area (Å²) in [5, 5.41) is 20.6. The maximum Gasteiger partial charge on any atom is 0.121 e. The van der Waals surface area contributed by atoms with Gasteiger partial charge in [0, 0.05) is 5.92 Å². The summed E-state index contributed by atoms with van der Waals surface area (Å²) < 4.78 is 0. The van der Waals surface area contributed by atoms with Crippen molar-refractivity contribution in [2.24, 2.45) is 0 Å². The number of phenolic OH excluding ortho intramolecular Hbond substituents is 2. The highest BCUT2D eigenvalue weighted by atomic mass is 16.3. The van der Waals surface area contributed by atoms with Gasteiger partial charge in [-0.2, -0.15) is 0 Å². The van der Waals surface area contributed by atoms with Gasteiger partial charge in [0.1, 0.15) is 11.5 Å². The summed E-state index contributed by atoms with van der Waals surface area (Å²) in [5.41, 5.74) is 8.58. The van der Waals surface area contributed by atoms with Gasteiger partial charge in [0.15, 0.2) is 0 Å². The maximum absolute atomic E-state index is 10.3. The van der Waals surface area contributed by atoms with E-state index < -0.39 is 0 Å². The van der Waals surface area contributed by atoms with Crippen molar-refractivity contribution in [2.75, 3.05) is 0 Å². The highest BCUT2D eigenvalue weighted by Gasteiger charge is 2.25. The maximum atomic E-state index is 10.3. The third-order valence-corrected chi connectivity index (χ3v) is 6.37. The molecule has 0 spiro atoms. The van der Waals surface area contributed by atoms with Crippen molar-refractivity contribution in [3.8, 4) is 11.5 Å². The summed E-state index contributed by atoms with van der Waals surface area (Å²) in [7, 11) is 0. The molecule has 2 heteroatoms. The third-order valence-electron chi connectivity index (χ3n) is 6.37. The highest BCUT2D eigenvalue weighted by molar-refractivity contribution is 5.50. The Morgan fingerprint density at radius 3 is 1.20 bits per heavy atom. The molecule has 3 aromatic rings. The average molecular weight is 403 g/mol. The molecule has 0 fully saturated rings. The monoisotopic (exact) mass is 402 g/mol. The van der Waals surface area contributed by atoms with Crippen LogP contribution in [0.4, 0.5) is 0 Å². The van der Waals surface area contributed by atoms with Gasteiger partial charge in [-0.25, -0.2) is 0 Å². The minimum absolute atomic E-state index is 0.117. The largest absolute Gasteiger partial charge is 0.507 e. The quantitative estimate of drug-likeness (QED) is 0.467. The second-order valence-corrected chi connectivity index (χ2v) is 9.09. The molecule has 0 aliphatic carbocycles. The van der Waals surface area contributed by atoms with Gasteiger partial charge in [0.05, 0.1) is 0 Å². The number of phenols is 2. The number of aromatic hydroxyl groups is 2. The van der Waals surface area contributed by atoms with E-state index in [-0.39, 0.29) is 11.8 Å². The number of rotatable bonds is 5. The molecule has 2 nitrogen and oxygen atoms in total. The lowest BCUT2D eigenvalue weighted by Crippen LogP contribution is -2.12. The number of hydrogen-bond donors (Lipinski definition) is 2. The number of aryl methyl sites for hydroxylation is 4. The first kappa shape index (κ1) is 22.0. The molecular formula is C28H34O2. The first-order chi connectivity index (χ1) is 14.1. The molecule has 1 atom stereocenters. The minimum atomic E-state index is 0.117. The van der Waals surface area contributed by atoms with Crippen LogP contribution < -0.4 is 0 Å². The Morgan fingerprint density at radius 2 is 0.867 bits per heavy atom. The molecule has 0 aliphatic rings. The lowest BCUT2D eigenvalue weighted by Gasteiger charge is -2.28. The summed E-state index contributed by atoms with van der Waals surface area (Å²) in [6.07, 6.45) is 0. The van der Waals surface area contributed by atoms with Crippen molar-refractivity contribution in [3.63, 3.8) is 0 Å². The van der Waals surface area contributed by atoms with E-state index in [2.05, 4.69) is 69.3 Å². The molecule has 0 bridgehead atoms. The normalized spacial score (nSPS) is 12.6. The van der Waals surface area contributed by atoms with Crippen LogP contribution in [0, 0.1) is 27.7 Å². The zero-order valence-corrected chi connectivity index (χ0v) is 19.2. The molecule has 0 aliphatic heterocycles. The molecule has 0 heterocycles. The molecule has 158 valence electrons. The van der Waals surface area contributed by atoms with Crippen LogP contribution in [0.15, 0.2) is 48.5 Å². The fourth-order valence-corrected chi connectivity index (χ4v) is 4.48. The van der Waals surface area contributed by atoms with E-state index in [1.165, 1.54) is 22.3 Å². The Kier molecular flexibility index (Phi) is 6.26. The molecule has 3 rings (SSSR count). The van der Waals surface area contributed by atoms with E-state index >= 15 is 0 Å². The van der Waals surface area contributed by atoms with Crippen LogP contribution in [0.25, 0.3) is 0 Å².